The molecule has 1 fully saturated rings. The second kappa shape index (κ2) is 9.98. The second-order valence-corrected chi connectivity index (χ2v) is 6.93. The Morgan fingerprint density at radius 2 is 1.71 bits per heavy atom. The number of rotatable bonds is 7. The molecule has 2 amide bonds. The molecule has 0 aromatic heterocycles. The van der Waals surface area contributed by atoms with E-state index in [2.05, 4.69) is 5.32 Å². The molecule has 8 heteroatoms. The van der Waals surface area contributed by atoms with Crippen molar-refractivity contribution in [3.05, 3.63) is 23.8 Å². The summed E-state index contributed by atoms with van der Waals surface area (Å²) in [5.74, 6) is 0.382. The van der Waals surface area contributed by atoms with Crippen LogP contribution in [-0.2, 0) is 9.59 Å². The minimum atomic E-state index is -0.0997. The molecule has 1 aromatic rings. The van der Waals surface area contributed by atoms with Crippen LogP contribution in [0.2, 0.25) is 0 Å². The van der Waals surface area contributed by atoms with Crippen LogP contribution in [0.15, 0.2) is 18.2 Å². The van der Waals surface area contributed by atoms with Gasteiger partial charge in [-0.25, -0.2) is 0 Å². The highest BCUT2D eigenvalue weighted by atomic mass is 16.5. The van der Waals surface area contributed by atoms with Crippen molar-refractivity contribution < 1.29 is 24.2 Å². The topological polar surface area (TPSA) is 91.3 Å². The van der Waals surface area contributed by atoms with Crippen LogP contribution in [0.1, 0.15) is 19.4 Å². The molecule has 2 rings (SSSR count). The number of hydrogen-bond acceptors (Lipinski definition) is 6. The molecule has 1 heterocycles. The van der Waals surface area contributed by atoms with E-state index < -0.39 is 0 Å². The Bertz CT molecular complexity index is 700. The average Bonchev–Trinajstić information content (AvgIpc) is 2.66. The third-order valence-electron chi connectivity index (χ3n) is 4.42. The Morgan fingerprint density at radius 1 is 1.14 bits per heavy atom. The summed E-state index contributed by atoms with van der Waals surface area (Å²) in [4.78, 5) is 28.1. The summed E-state index contributed by atoms with van der Waals surface area (Å²) in [6.07, 6.45) is 3.15. The number of aromatic hydroxyl groups is 1. The van der Waals surface area contributed by atoms with Crippen LogP contribution >= 0.6 is 0 Å². The Kier molecular flexibility index (Phi) is 7.69. The first-order chi connectivity index (χ1) is 13.3. The summed E-state index contributed by atoms with van der Waals surface area (Å²) in [5, 5.41) is 12.8. The van der Waals surface area contributed by atoms with Crippen molar-refractivity contribution in [1.29, 1.82) is 0 Å². The van der Waals surface area contributed by atoms with Crippen LogP contribution in [-0.4, -0.2) is 79.7 Å². The zero-order chi connectivity index (χ0) is 20.7. The van der Waals surface area contributed by atoms with Crippen molar-refractivity contribution >= 4 is 17.9 Å². The van der Waals surface area contributed by atoms with Crippen LogP contribution in [0.3, 0.4) is 0 Å². The van der Waals surface area contributed by atoms with Crippen LogP contribution in [0, 0.1) is 0 Å². The second-order valence-electron chi connectivity index (χ2n) is 6.93. The fraction of sp³-hybridized carbons (Fsp3) is 0.500. The molecule has 0 unspecified atom stereocenters. The van der Waals surface area contributed by atoms with E-state index in [1.54, 1.807) is 23.1 Å². The molecule has 2 N–H and O–H groups in total. The third-order valence-corrected chi connectivity index (χ3v) is 4.42. The fourth-order valence-electron chi connectivity index (χ4n) is 2.98. The number of phenolic OH excluding ortho intramolecular Hbond substituents is 1. The van der Waals surface area contributed by atoms with E-state index in [0.717, 1.165) is 0 Å². The summed E-state index contributed by atoms with van der Waals surface area (Å²) in [6.45, 7) is 6.67. The predicted octanol–water partition coefficient (Wildman–Crippen LogP) is 1.09. The Morgan fingerprint density at radius 3 is 2.21 bits per heavy atom. The number of amides is 2. The molecule has 0 aliphatic carbocycles. The number of phenols is 1. The van der Waals surface area contributed by atoms with Gasteiger partial charge in [0.1, 0.15) is 0 Å². The first kappa shape index (κ1) is 21.6. The number of ether oxygens (including phenoxy) is 2. The molecule has 1 aromatic carbocycles. The van der Waals surface area contributed by atoms with Gasteiger partial charge in [0.25, 0.3) is 0 Å². The zero-order valence-corrected chi connectivity index (χ0v) is 16.9. The van der Waals surface area contributed by atoms with E-state index in [9.17, 15) is 14.7 Å². The molecule has 0 radical (unpaired) electrons. The number of carbonyl (C=O) groups excluding carboxylic acids is 2. The molecule has 0 saturated carbocycles. The molecular formula is C20H29N3O5. The number of nitrogens with zero attached hydrogens (tertiary/aromatic N) is 2. The fourth-order valence-corrected chi connectivity index (χ4v) is 2.98. The SMILES string of the molecule is COc1cc(C=CC(=O)N2CCN(CC(=O)NC(C)C)CC2)cc(OC)c1O. The van der Waals surface area contributed by atoms with Gasteiger partial charge in [0.05, 0.1) is 20.8 Å². The molecule has 1 aliphatic heterocycles. The van der Waals surface area contributed by atoms with E-state index in [1.165, 1.54) is 20.3 Å². The zero-order valence-electron chi connectivity index (χ0n) is 16.9. The molecule has 154 valence electrons. The average molecular weight is 391 g/mol. The summed E-state index contributed by atoms with van der Waals surface area (Å²) < 4.78 is 10.2. The number of methoxy groups -OCH3 is 2. The van der Waals surface area contributed by atoms with Crippen molar-refractivity contribution in [2.75, 3.05) is 46.9 Å². The number of carbonyl (C=O) groups is 2. The lowest BCUT2D eigenvalue weighted by molar-refractivity contribution is -0.128. The monoisotopic (exact) mass is 391 g/mol. The summed E-state index contributed by atoms with van der Waals surface area (Å²) >= 11 is 0. The van der Waals surface area contributed by atoms with Gasteiger partial charge in [-0.05, 0) is 37.6 Å². The van der Waals surface area contributed by atoms with E-state index in [4.69, 9.17) is 9.47 Å². The van der Waals surface area contributed by atoms with Gasteiger partial charge in [0.15, 0.2) is 11.5 Å². The predicted molar refractivity (Wildman–Crippen MR) is 107 cm³/mol. The molecule has 1 saturated heterocycles. The molecule has 0 atom stereocenters. The molecule has 28 heavy (non-hydrogen) atoms. The highest BCUT2D eigenvalue weighted by molar-refractivity contribution is 5.92. The highest BCUT2D eigenvalue weighted by Crippen LogP contribution is 2.37. The van der Waals surface area contributed by atoms with Crippen molar-refractivity contribution in [3.8, 4) is 17.2 Å². The Balaban J connectivity index is 1.91. The van der Waals surface area contributed by atoms with Gasteiger partial charge in [-0.3, -0.25) is 14.5 Å². The van der Waals surface area contributed by atoms with Gasteiger partial charge >= 0.3 is 0 Å². The minimum Gasteiger partial charge on any atom is -0.502 e. The number of nitrogens with one attached hydrogen (secondary N) is 1. The number of hydrogen-bond donors (Lipinski definition) is 2. The Labute approximate surface area is 165 Å². The number of piperazine rings is 1. The third kappa shape index (κ3) is 5.88. The maximum Gasteiger partial charge on any atom is 0.246 e. The van der Waals surface area contributed by atoms with Gasteiger partial charge in [0.2, 0.25) is 17.6 Å². The van der Waals surface area contributed by atoms with E-state index >= 15 is 0 Å². The van der Waals surface area contributed by atoms with Crippen LogP contribution < -0.4 is 14.8 Å². The van der Waals surface area contributed by atoms with Gasteiger partial charge in [-0.1, -0.05) is 0 Å². The summed E-state index contributed by atoms with van der Waals surface area (Å²) in [7, 11) is 2.90. The molecule has 1 aliphatic rings. The van der Waals surface area contributed by atoms with E-state index in [-0.39, 0.29) is 35.1 Å². The molecule has 0 bridgehead atoms. The van der Waals surface area contributed by atoms with Crippen LogP contribution in [0.25, 0.3) is 6.08 Å². The largest absolute Gasteiger partial charge is 0.502 e. The Hall–Kier alpha value is -2.74. The maximum absolute atomic E-state index is 12.5. The van der Waals surface area contributed by atoms with Crippen molar-refractivity contribution in [1.82, 2.24) is 15.1 Å². The summed E-state index contributed by atoms with van der Waals surface area (Å²) in [5.41, 5.74) is 0.684. The van der Waals surface area contributed by atoms with Gasteiger partial charge in [-0.15, -0.1) is 0 Å². The van der Waals surface area contributed by atoms with Gasteiger partial charge in [0, 0.05) is 38.3 Å². The van der Waals surface area contributed by atoms with E-state index in [1.807, 2.05) is 18.7 Å². The lowest BCUT2D eigenvalue weighted by atomic mass is 10.1. The smallest absolute Gasteiger partial charge is 0.246 e. The highest BCUT2D eigenvalue weighted by Gasteiger charge is 2.21. The van der Waals surface area contributed by atoms with Crippen molar-refractivity contribution in [3.63, 3.8) is 0 Å². The quantitative estimate of drug-likeness (QED) is 0.676. The van der Waals surface area contributed by atoms with Crippen LogP contribution in [0.5, 0.6) is 17.2 Å². The summed E-state index contributed by atoms with van der Waals surface area (Å²) in [6, 6.07) is 3.39. The van der Waals surface area contributed by atoms with Crippen molar-refractivity contribution in [2.45, 2.75) is 19.9 Å². The molecule has 8 nitrogen and oxygen atoms in total. The normalized spacial score (nSPS) is 15.1. The maximum atomic E-state index is 12.5. The lowest BCUT2D eigenvalue weighted by Gasteiger charge is -2.33. The molecule has 0 spiro atoms. The van der Waals surface area contributed by atoms with E-state index in [0.29, 0.717) is 38.3 Å². The first-order valence-electron chi connectivity index (χ1n) is 9.27. The van der Waals surface area contributed by atoms with Gasteiger partial charge < -0.3 is 24.8 Å². The standard InChI is InChI=1S/C20H29N3O5/c1-14(2)21-18(24)13-22-7-9-23(10-8-22)19(25)6-5-15-11-16(27-3)20(26)17(12-15)28-4/h5-6,11-12,14,26H,7-10,13H2,1-4H3,(H,21,24). The lowest BCUT2D eigenvalue weighted by Crippen LogP contribution is -2.51. The number of benzene rings is 1. The molecular weight excluding hydrogens is 362 g/mol. The minimum absolute atomic E-state index is 0.00453. The first-order valence-corrected chi connectivity index (χ1v) is 9.27. The van der Waals surface area contributed by atoms with Gasteiger partial charge in [-0.2, -0.15) is 0 Å². The van der Waals surface area contributed by atoms with Crippen LogP contribution in [0.4, 0.5) is 0 Å². The van der Waals surface area contributed by atoms with Crippen molar-refractivity contribution in [2.24, 2.45) is 0 Å².